The zero-order valence-electron chi connectivity index (χ0n) is 36.3. The fraction of sp³-hybridized carbons (Fsp3) is 0.438. The van der Waals surface area contributed by atoms with Crippen molar-refractivity contribution in [2.75, 3.05) is 43.0 Å². The summed E-state index contributed by atoms with van der Waals surface area (Å²) in [7, 11) is 0. The quantitative estimate of drug-likeness (QED) is 0.118. The first-order chi connectivity index (χ1) is 30.6. The largest absolute Gasteiger partial charge is 0.490 e. The number of hydrogen-bond acceptors (Lipinski definition) is 11. The van der Waals surface area contributed by atoms with E-state index in [1.807, 2.05) is 37.8 Å². The second-order valence-electron chi connectivity index (χ2n) is 18.1. The Labute approximate surface area is 370 Å². The summed E-state index contributed by atoms with van der Waals surface area (Å²) in [6.45, 7) is 8.61. The van der Waals surface area contributed by atoms with Gasteiger partial charge in [-0.1, -0.05) is 26.0 Å². The number of nitrogens with zero attached hydrogens (tertiary/aromatic N) is 5. The summed E-state index contributed by atoms with van der Waals surface area (Å²) in [5.41, 5.74) is 9.50. The molecule has 1 unspecified atom stereocenters. The third kappa shape index (κ3) is 9.61. The molecule has 2 aromatic heterocycles. The number of rotatable bonds is 13. The number of aromatic nitrogens is 2. The van der Waals surface area contributed by atoms with Crippen molar-refractivity contribution < 1.29 is 37.5 Å². The van der Waals surface area contributed by atoms with Crippen LogP contribution in [0.4, 0.5) is 26.0 Å². The molecule has 14 nitrogen and oxygen atoms in total. The Kier molecular flexibility index (Phi) is 12.8. The van der Waals surface area contributed by atoms with Crippen molar-refractivity contribution in [3.63, 3.8) is 0 Å². The average Bonchev–Trinajstić information content (AvgIpc) is 3.53. The minimum absolute atomic E-state index is 0.0139. The highest BCUT2D eigenvalue weighted by Crippen LogP contribution is 2.36. The van der Waals surface area contributed by atoms with E-state index in [1.165, 1.54) is 11.6 Å². The van der Waals surface area contributed by atoms with Gasteiger partial charge in [-0.05, 0) is 117 Å². The van der Waals surface area contributed by atoms with Gasteiger partial charge >= 0.3 is 0 Å². The first-order valence-electron chi connectivity index (χ1n) is 22.1. The Morgan fingerprint density at radius 2 is 1.62 bits per heavy atom. The first kappa shape index (κ1) is 44.3. The molecule has 5 amide bonds. The number of pyridine rings is 2. The van der Waals surface area contributed by atoms with E-state index < -0.39 is 47.3 Å². The molecule has 336 valence electrons. The highest BCUT2D eigenvalue weighted by Gasteiger charge is 2.45. The number of piperidine rings is 3. The van der Waals surface area contributed by atoms with Gasteiger partial charge < -0.3 is 25.6 Å². The van der Waals surface area contributed by atoms with Crippen molar-refractivity contribution in [1.82, 2.24) is 25.1 Å². The summed E-state index contributed by atoms with van der Waals surface area (Å²) in [5, 5.41) is 5.54. The van der Waals surface area contributed by atoms with Crippen molar-refractivity contribution in [3.05, 3.63) is 95.3 Å². The maximum atomic E-state index is 14.1. The van der Waals surface area contributed by atoms with Gasteiger partial charge in [0, 0.05) is 67.2 Å². The number of carbonyl (C=O) groups excluding carboxylic acids is 5. The van der Waals surface area contributed by atoms with E-state index in [0.717, 1.165) is 29.1 Å². The first-order valence-corrected chi connectivity index (χ1v) is 22.1. The van der Waals surface area contributed by atoms with Gasteiger partial charge in [-0.2, -0.15) is 0 Å². The zero-order valence-corrected chi connectivity index (χ0v) is 36.3. The van der Waals surface area contributed by atoms with Crippen LogP contribution in [0.1, 0.15) is 110 Å². The standard InChI is InChI=1S/C48H54F2N8O6/c1-28(2)26-48(3,51)27-64-39-12-10-37(54-42(39)43(49)50)32-14-19-52-40(24-32)53-33-6-4-29(5-7-33)30-15-22-57(23-16-30)45(61)31-17-20-56(21-18-31)34-8-9-35-36(25-34)47(63)58(46(35)62)38-11-13-41(59)55-44(38)60/h4-10,12,14,19,24-25,28,30-31,38,43H,11,13,15-18,20-23,26-27,51H2,1-3H3,(H,52,53)(H,55,59,60)/t38?,48-/m0/s1. The molecule has 0 aliphatic carbocycles. The van der Waals surface area contributed by atoms with E-state index in [-0.39, 0.29) is 48.2 Å². The molecule has 3 saturated heterocycles. The van der Waals surface area contributed by atoms with Crippen molar-refractivity contribution in [3.8, 4) is 17.0 Å². The Morgan fingerprint density at radius 3 is 2.31 bits per heavy atom. The highest BCUT2D eigenvalue weighted by molar-refractivity contribution is 6.23. The predicted molar refractivity (Wildman–Crippen MR) is 236 cm³/mol. The van der Waals surface area contributed by atoms with Crippen LogP contribution in [0.3, 0.4) is 0 Å². The fourth-order valence-electron chi connectivity index (χ4n) is 9.51. The van der Waals surface area contributed by atoms with Crippen LogP contribution in [-0.4, -0.2) is 93.7 Å². The molecule has 3 fully saturated rings. The van der Waals surface area contributed by atoms with Crippen LogP contribution in [0.5, 0.6) is 5.75 Å². The lowest BCUT2D eigenvalue weighted by atomic mass is 9.88. The van der Waals surface area contributed by atoms with Crippen LogP contribution in [-0.2, 0) is 14.4 Å². The van der Waals surface area contributed by atoms with Crippen molar-refractivity contribution in [2.45, 2.75) is 89.6 Å². The van der Waals surface area contributed by atoms with Crippen molar-refractivity contribution >= 4 is 46.7 Å². The number of hydrogen-bond donors (Lipinski definition) is 3. The van der Waals surface area contributed by atoms with E-state index in [2.05, 4.69) is 37.6 Å². The Balaban J connectivity index is 0.814. The second kappa shape index (κ2) is 18.4. The smallest absolute Gasteiger partial charge is 0.284 e. The third-order valence-corrected chi connectivity index (χ3v) is 12.7. The maximum absolute atomic E-state index is 14.1. The van der Waals surface area contributed by atoms with Gasteiger partial charge in [-0.25, -0.2) is 18.7 Å². The summed E-state index contributed by atoms with van der Waals surface area (Å²) < 4.78 is 34.0. The van der Waals surface area contributed by atoms with Gasteiger partial charge in [0.2, 0.25) is 17.7 Å². The van der Waals surface area contributed by atoms with Crippen LogP contribution in [0.2, 0.25) is 0 Å². The third-order valence-electron chi connectivity index (χ3n) is 12.7. The summed E-state index contributed by atoms with van der Waals surface area (Å²) in [6, 6.07) is 18.9. The molecule has 0 saturated carbocycles. The van der Waals surface area contributed by atoms with E-state index in [9.17, 15) is 32.8 Å². The molecule has 4 aromatic rings. The van der Waals surface area contributed by atoms with Gasteiger partial charge in [-0.15, -0.1) is 0 Å². The lowest BCUT2D eigenvalue weighted by molar-refractivity contribution is -0.137. The van der Waals surface area contributed by atoms with Crippen LogP contribution < -0.4 is 26.0 Å². The number of amides is 5. The van der Waals surface area contributed by atoms with Gasteiger partial charge in [-0.3, -0.25) is 34.2 Å². The van der Waals surface area contributed by atoms with Crippen LogP contribution >= 0.6 is 0 Å². The number of benzene rings is 2. The van der Waals surface area contributed by atoms with Crippen LogP contribution in [0, 0.1) is 11.8 Å². The number of nitrogens with two attached hydrogens (primary N) is 1. The SMILES string of the molecule is CC(C)C[C@](C)(N)COc1ccc(-c2ccnc(Nc3ccc(C4CCN(C(=O)C5CCN(c6ccc7c(c6)C(=O)N(C6CCC(=O)NC6=O)C7=O)CC5)CC4)cc3)c2)nc1C(F)F. The summed E-state index contributed by atoms with van der Waals surface area (Å²) in [6.07, 6.45) is 2.64. The average molecular weight is 877 g/mol. The number of halogens is 2. The lowest BCUT2D eigenvalue weighted by Crippen LogP contribution is -2.54. The molecule has 0 radical (unpaired) electrons. The molecule has 2 atom stereocenters. The fourth-order valence-corrected chi connectivity index (χ4v) is 9.51. The monoisotopic (exact) mass is 876 g/mol. The molecule has 0 bridgehead atoms. The predicted octanol–water partition coefficient (Wildman–Crippen LogP) is 6.99. The number of carbonyl (C=O) groups is 5. The van der Waals surface area contributed by atoms with E-state index in [1.54, 1.807) is 42.6 Å². The summed E-state index contributed by atoms with van der Waals surface area (Å²) in [5.74, 6) is -0.882. The van der Waals surface area contributed by atoms with Crippen molar-refractivity contribution in [2.24, 2.45) is 17.6 Å². The van der Waals surface area contributed by atoms with Crippen LogP contribution in [0.15, 0.2) is 72.9 Å². The number of nitrogens with one attached hydrogen (secondary N) is 2. The van der Waals surface area contributed by atoms with Gasteiger partial charge in [0.05, 0.1) is 16.8 Å². The minimum atomic E-state index is -2.83. The van der Waals surface area contributed by atoms with E-state index in [4.69, 9.17) is 10.5 Å². The van der Waals surface area contributed by atoms with Gasteiger partial charge in [0.25, 0.3) is 18.2 Å². The normalized spacial score (nSPS) is 19.6. The molecule has 0 spiro atoms. The molecule has 8 rings (SSSR count). The minimum Gasteiger partial charge on any atom is -0.490 e. The Hall–Kier alpha value is -6.29. The number of alkyl halides is 2. The summed E-state index contributed by atoms with van der Waals surface area (Å²) in [4.78, 5) is 78.1. The molecular weight excluding hydrogens is 823 g/mol. The Bertz CT molecular complexity index is 2430. The van der Waals surface area contributed by atoms with Crippen LogP contribution in [0.25, 0.3) is 11.3 Å². The highest BCUT2D eigenvalue weighted by atomic mass is 19.3. The number of likely N-dealkylation sites (tertiary alicyclic amines) is 1. The van der Waals surface area contributed by atoms with Gasteiger partial charge in [0.15, 0.2) is 0 Å². The number of ether oxygens (including phenoxy) is 1. The Morgan fingerprint density at radius 1 is 0.906 bits per heavy atom. The maximum Gasteiger partial charge on any atom is 0.284 e. The molecule has 6 heterocycles. The topological polar surface area (TPSA) is 180 Å². The molecule has 16 heteroatoms. The molecule has 4 aliphatic heterocycles. The molecule has 2 aromatic carbocycles. The number of imide groups is 2. The zero-order chi connectivity index (χ0) is 45.3. The molecule has 64 heavy (non-hydrogen) atoms. The van der Waals surface area contributed by atoms with E-state index >= 15 is 0 Å². The number of fused-ring (bicyclic) bond motifs is 1. The molecule has 4 aliphatic rings. The molecule has 4 N–H and O–H groups in total. The van der Waals surface area contributed by atoms with Gasteiger partial charge in [0.1, 0.15) is 29.9 Å². The second-order valence-corrected chi connectivity index (χ2v) is 18.1. The number of anilines is 3. The van der Waals surface area contributed by atoms with Crippen molar-refractivity contribution in [1.29, 1.82) is 0 Å². The summed E-state index contributed by atoms with van der Waals surface area (Å²) >= 11 is 0. The molecular formula is C48H54F2N8O6. The lowest BCUT2D eigenvalue weighted by Gasteiger charge is -2.38. The van der Waals surface area contributed by atoms with E-state index in [0.29, 0.717) is 74.4 Å².